The molecule has 19 heavy (non-hydrogen) atoms. The van der Waals surface area contributed by atoms with E-state index >= 15 is 0 Å². The standard InChI is InChI=1S/C15H22Cl2N2/c1-2-19(12-6-4-3-5-7-12)10-11-8-13(16)15(18)14(17)9-11/h8-9,12H,2-7,10,18H2,1H3. The highest BCUT2D eigenvalue weighted by molar-refractivity contribution is 6.38. The van der Waals surface area contributed by atoms with Gasteiger partial charge < -0.3 is 5.73 Å². The molecule has 0 bridgehead atoms. The fraction of sp³-hybridized carbons (Fsp3) is 0.600. The van der Waals surface area contributed by atoms with Gasteiger partial charge in [0, 0.05) is 12.6 Å². The highest BCUT2D eigenvalue weighted by Gasteiger charge is 2.20. The molecule has 1 aromatic carbocycles. The summed E-state index contributed by atoms with van der Waals surface area (Å²) in [7, 11) is 0. The summed E-state index contributed by atoms with van der Waals surface area (Å²) >= 11 is 12.2. The number of nitrogen functional groups attached to an aromatic ring is 1. The summed E-state index contributed by atoms with van der Waals surface area (Å²) in [5.74, 6) is 0. The molecule has 1 saturated carbocycles. The lowest BCUT2D eigenvalue weighted by Gasteiger charge is -2.33. The lowest BCUT2D eigenvalue weighted by atomic mass is 9.94. The van der Waals surface area contributed by atoms with E-state index in [1.165, 1.54) is 32.1 Å². The van der Waals surface area contributed by atoms with Gasteiger partial charge in [-0.15, -0.1) is 0 Å². The van der Waals surface area contributed by atoms with Crippen molar-refractivity contribution in [2.75, 3.05) is 12.3 Å². The number of anilines is 1. The van der Waals surface area contributed by atoms with Gasteiger partial charge in [-0.05, 0) is 37.1 Å². The van der Waals surface area contributed by atoms with Crippen molar-refractivity contribution in [1.82, 2.24) is 4.90 Å². The van der Waals surface area contributed by atoms with Crippen LogP contribution in [0.4, 0.5) is 5.69 Å². The third-order valence-corrected chi connectivity index (χ3v) is 4.65. The molecule has 106 valence electrons. The Bertz CT molecular complexity index is 405. The average molecular weight is 301 g/mol. The van der Waals surface area contributed by atoms with E-state index in [9.17, 15) is 0 Å². The van der Waals surface area contributed by atoms with Crippen molar-refractivity contribution in [3.05, 3.63) is 27.7 Å². The lowest BCUT2D eigenvalue weighted by Crippen LogP contribution is -2.36. The summed E-state index contributed by atoms with van der Waals surface area (Å²) in [6.07, 6.45) is 6.71. The third kappa shape index (κ3) is 3.77. The van der Waals surface area contributed by atoms with E-state index in [1.54, 1.807) is 0 Å². The minimum absolute atomic E-state index is 0.479. The molecule has 4 heteroatoms. The first-order valence-electron chi connectivity index (χ1n) is 7.09. The van der Waals surface area contributed by atoms with Crippen molar-refractivity contribution in [2.24, 2.45) is 0 Å². The van der Waals surface area contributed by atoms with Crippen LogP contribution in [-0.4, -0.2) is 17.5 Å². The topological polar surface area (TPSA) is 29.3 Å². The van der Waals surface area contributed by atoms with Crippen LogP contribution in [0.1, 0.15) is 44.6 Å². The molecule has 0 heterocycles. The van der Waals surface area contributed by atoms with Gasteiger partial charge in [0.15, 0.2) is 0 Å². The van der Waals surface area contributed by atoms with Crippen molar-refractivity contribution in [1.29, 1.82) is 0 Å². The number of benzene rings is 1. The Hall–Kier alpha value is -0.440. The average Bonchev–Trinajstić information content (AvgIpc) is 2.43. The zero-order valence-corrected chi connectivity index (χ0v) is 13.0. The summed E-state index contributed by atoms with van der Waals surface area (Å²) in [4.78, 5) is 2.53. The van der Waals surface area contributed by atoms with Crippen LogP contribution in [0.2, 0.25) is 10.0 Å². The molecule has 2 rings (SSSR count). The zero-order valence-electron chi connectivity index (χ0n) is 11.5. The minimum atomic E-state index is 0.479. The van der Waals surface area contributed by atoms with Crippen LogP contribution in [0.3, 0.4) is 0 Å². The van der Waals surface area contributed by atoms with E-state index in [1.807, 2.05) is 12.1 Å². The van der Waals surface area contributed by atoms with Gasteiger partial charge in [-0.2, -0.15) is 0 Å². The highest BCUT2D eigenvalue weighted by Crippen LogP contribution is 2.30. The third-order valence-electron chi connectivity index (χ3n) is 4.02. The number of nitrogens with two attached hydrogens (primary N) is 1. The Kier molecular flexibility index (Phi) is 5.37. The lowest BCUT2D eigenvalue weighted by molar-refractivity contribution is 0.156. The summed E-state index contributed by atoms with van der Waals surface area (Å²) in [5, 5.41) is 1.12. The molecule has 1 aromatic rings. The van der Waals surface area contributed by atoms with E-state index in [2.05, 4.69) is 11.8 Å². The predicted molar refractivity (Wildman–Crippen MR) is 83.8 cm³/mol. The molecule has 0 radical (unpaired) electrons. The molecule has 0 unspecified atom stereocenters. The molecule has 0 amide bonds. The van der Waals surface area contributed by atoms with Crippen LogP contribution in [-0.2, 0) is 6.54 Å². The van der Waals surface area contributed by atoms with Crippen molar-refractivity contribution in [3.63, 3.8) is 0 Å². The summed E-state index contributed by atoms with van der Waals surface area (Å²) in [6.45, 7) is 4.18. The molecule has 2 nitrogen and oxygen atoms in total. The van der Waals surface area contributed by atoms with E-state index in [-0.39, 0.29) is 0 Å². The van der Waals surface area contributed by atoms with E-state index in [0.717, 1.165) is 18.7 Å². The van der Waals surface area contributed by atoms with E-state index in [4.69, 9.17) is 28.9 Å². The molecule has 1 aliphatic rings. The van der Waals surface area contributed by atoms with E-state index in [0.29, 0.717) is 21.8 Å². The monoisotopic (exact) mass is 300 g/mol. The van der Waals surface area contributed by atoms with Gasteiger partial charge in [0.25, 0.3) is 0 Å². The van der Waals surface area contributed by atoms with Gasteiger partial charge >= 0.3 is 0 Å². The predicted octanol–water partition coefficient (Wildman–Crippen LogP) is 4.73. The van der Waals surface area contributed by atoms with Gasteiger partial charge in [0.05, 0.1) is 15.7 Å². The normalized spacial score (nSPS) is 17.1. The maximum absolute atomic E-state index is 6.10. The molecular weight excluding hydrogens is 279 g/mol. The summed E-state index contributed by atoms with van der Waals surface area (Å²) < 4.78 is 0. The number of hydrogen-bond acceptors (Lipinski definition) is 2. The van der Waals surface area contributed by atoms with E-state index < -0.39 is 0 Å². The molecule has 0 aliphatic heterocycles. The fourth-order valence-electron chi connectivity index (χ4n) is 2.91. The van der Waals surface area contributed by atoms with Gasteiger partial charge in [0.2, 0.25) is 0 Å². The molecule has 1 fully saturated rings. The molecule has 0 atom stereocenters. The molecule has 0 aromatic heterocycles. The van der Waals surface area contributed by atoms with Crippen LogP contribution in [0, 0.1) is 0 Å². The first kappa shape index (κ1) is 15.0. The Morgan fingerprint density at radius 1 is 1.16 bits per heavy atom. The first-order valence-corrected chi connectivity index (χ1v) is 7.85. The Balaban J connectivity index is 2.09. The van der Waals surface area contributed by atoms with Crippen LogP contribution in [0.25, 0.3) is 0 Å². The Morgan fingerprint density at radius 2 is 1.74 bits per heavy atom. The number of rotatable bonds is 4. The summed E-state index contributed by atoms with van der Waals surface area (Å²) in [6, 6.07) is 4.58. The quantitative estimate of drug-likeness (QED) is 0.815. The smallest absolute Gasteiger partial charge is 0.0693 e. The second kappa shape index (κ2) is 6.83. The summed E-state index contributed by atoms with van der Waals surface area (Å²) in [5.41, 5.74) is 7.41. The zero-order chi connectivity index (χ0) is 13.8. The maximum Gasteiger partial charge on any atom is 0.0693 e. The number of nitrogens with zero attached hydrogens (tertiary/aromatic N) is 1. The van der Waals surface area contributed by atoms with Crippen LogP contribution >= 0.6 is 23.2 Å². The molecular formula is C15H22Cl2N2. The van der Waals surface area contributed by atoms with Crippen molar-refractivity contribution in [3.8, 4) is 0 Å². The minimum Gasteiger partial charge on any atom is -0.396 e. The largest absolute Gasteiger partial charge is 0.396 e. The molecule has 0 saturated heterocycles. The Labute approximate surface area is 125 Å². The van der Waals surface area contributed by atoms with Crippen molar-refractivity contribution >= 4 is 28.9 Å². The van der Waals surface area contributed by atoms with Gasteiger partial charge in [0.1, 0.15) is 0 Å². The highest BCUT2D eigenvalue weighted by atomic mass is 35.5. The number of halogens is 2. The SMILES string of the molecule is CCN(Cc1cc(Cl)c(N)c(Cl)c1)C1CCCCC1. The van der Waals surface area contributed by atoms with Gasteiger partial charge in [-0.1, -0.05) is 49.4 Å². The van der Waals surface area contributed by atoms with Crippen LogP contribution in [0.15, 0.2) is 12.1 Å². The molecule has 2 N–H and O–H groups in total. The van der Waals surface area contributed by atoms with Crippen molar-refractivity contribution in [2.45, 2.75) is 51.6 Å². The van der Waals surface area contributed by atoms with Gasteiger partial charge in [-0.3, -0.25) is 4.90 Å². The van der Waals surface area contributed by atoms with Crippen LogP contribution in [0.5, 0.6) is 0 Å². The molecule has 1 aliphatic carbocycles. The maximum atomic E-state index is 6.10. The molecule has 0 spiro atoms. The second-order valence-electron chi connectivity index (χ2n) is 5.33. The number of hydrogen-bond donors (Lipinski definition) is 1. The second-order valence-corrected chi connectivity index (χ2v) is 6.14. The fourth-order valence-corrected chi connectivity index (χ4v) is 3.44. The van der Waals surface area contributed by atoms with Crippen molar-refractivity contribution < 1.29 is 0 Å². The van der Waals surface area contributed by atoms with Crippen LogP contribution < -0.4 is 5.73 Å². The van der Waals surface area contributed by atoms with Gasteiger partial charge in [-0.25, -0.2) is 0 Å². The first-order chi connectivity index (χ1) is 9.11. The Morgan fingerprint density at radius 3 is 2.26 bits per heavy atom.